The minimum Gasteiger partial charge on any atom is -0.478 e. The molecule has 2 aromatic rings. The molecule has 36 heavy (non-hydrogen) atoms. The Hall–Kier alpha value is -2.80. The van der Waals surface area contributed by atoms with Crippen LogP contribution in [0.4, 0.5) is 11.4 Å². The molecule has 0 aromatic heterocycles. The van der Waals surface area contributed by atoms with E-state index in [2.05, 4.69) is 18.7 Å². The number of benzene rings is 2. The monoisotopic (exact) mass is 511 g/mol. The molecule has 0 atom stereocenters. The third-order valence-corrected chi connectivity index (χ3v) is 9.31. The number of carboxylic acids is 1. The standard InChI is InChI=1S/C29H37NO5S/c1-3-5-15-29(16-6-4-2)20-30(23-10-8-7-9-11-23)25-18-24(22-12-13-22)26(35-17-14-28(31)32)19-27(25)36(33,34)21-29/h7-11,14,17-19,22H,3-6,12-13,15-16,20-21H2,1-2H3,(H,31,32). The fraction of sp³-hybridized carbons (Fsp3) is 0.483. The predicted molar refractivity (Wildman–Crippen MR) is 143 cm³/mol. The van der Waals surface area contributed by atoms with Gasteiger partial charge in [0.1, 0.15) is 5.75 Å². The Balaban J connectivity index is 1.90. The van der Waals surface area contributed by atoms with E-state index in [4.69, 9.17) is 9.84 Å². The molecule has 0 amide bonds. The maximum absolute atomic E-state index is 14.0. The van der Waals surface area contributed by atoms with E-state index in [1.165, 1.54) is 0 Å². The van der Waals surface area contributed by atoms with E-state index < -0.39 is 15.8 Å². The lowest BCUT2D eigenvalue weighted by molar-refractivity contribution is -0.131. The fourth-order valence-corrected chi connectivity index (χ4v) is 7.44. The third-order valence-electron chi connectivity index (χ3n) is 7.32. The zero-order valence-corrected chi connectivity index (χ0v) is 22.1. The van der Waals surface area contributed by atoms with Gasteiger partial charge in [-0.3, -0.25) is 0 Å². The summed E-state index contributed by atoms with van der Waals surface area (Å²) in [4.78, 5) is 13.4. The SMILES string of the molecule is CCCCC1(CCCC)CN(c2ccccc2)c2cc(C3CC3)c(OC=CC(=O)O)cc2S(=O)(=O)C1. The molecule has 0 saturated heterocycles. The average Bonchev–Trinajstić information content (AvgIpc) is 3.70. The summed E-state index contributed by atoms with van der Waals surface area (Å²) >= 11 is 0. The number of unbranched alkanes of at least 4 members (excludes halogenated alkanes) is 2. The maximum Gasteiger partial charge on any atom is 0.331 e. The highest BCUT2D eigenvalue weighted by Gasteiger charge is 2.43. The third kappa shape index (κ3) is 5.94. The summed E-state index contributed by atoms with van der Waals surface area (Å²) in [5.41, 5.74) is 2.26. The summed E-state index contributed by atoms with van der Waals surface area (Å²) in [5, 5.41) is 8.99. The van der Waals surface area contributed by atoms with Crippen molar-refractivity contribution in [2.45, 2.75) is 76.0 Å². The summed E-state index contributed by atoms with van der Waals surface area (Å²) in [6.07, 6.45) is 9.80. The first kappa shape index (κ1) is 26.3. The van der Waals surface area contributed by atoms with Crippen molar-refractivity contribution in [3.8, 4) is 5.75 Å². The van der Waals surface area contributed by atoms with Crippen LogP contribution in [0, 0.1) is 5.41 Å². The van der Waals surface area contributed by atoms with Crippen LogP contribution >= 0.6 is 0 Å². The first-order valence-corrected chi connectivity index (χ1v) is 14.7. The van der Waals surface area contributed by atoms with Crippen LogP contribution in [0.3, 0.4) is 0 Å². The van der Waals surface area contributed by atoms with Gasteiger partial charge in [0.25, 0.3) is 0 Å². The van der Waals surface area contributed by atoms with Crippen LogP contribution in [0.1, 0.15) is 76.7 Å². The van der Waals surface area contributed by atoms with E-state index >= 15 is 0 Å². The Bertz CT molecular complexity index is 1190. The van der Waals surface area contributed by atoms with Crippen molar-refractivity contribution in [2.24, 2.45) is 5.41 Å². The van der Waals surface area contributed by atoms with Gasteiger partial charge in [0.05, 0.1) is 28.7 Å². The van der Waals surface area contributed by atoms with E-state index in [1.54, 1.807) is 6.07 Å². The first-order chi connectivity index (χ1) is 17.3. The number of sulfone groups is 1. The molecule has 0 bridgehead atoms. The molecule has 4 rings (SSSR count). The van der Waals surface area contributed by atoms with Gasteiger partial charge in [-0.1, -0.05) is 57.7 Å². The quantitative estimate of drug-likeness (QED) is 0.263. The van der Waals surface area contributed by atoms with Crippen LogP contribution in [0.25, 0.3) is 0 Å². The van der Waals surface area contributed by atoms with E-state index in [-0.39, 0.29) is 22.0 Å². The van der Waals surface area contributed by atoms with Crippen LogP contribution in [0.5, 0.6) is 5.75 Å². The lowest BCUT2D eigenvalue weighted by Crippen LogP contribution is -2.38. The van der Waals surface area contributed by atoms with Crippen LogP contribution in [-0.2, 0) is 14.6 Å². The van der Waals surface area contributed by atoms with Gasteiger partial charge in [-0.05, 0) is 55.4 Å². The second kappa shape index (κ2) is 11.1. The number of fused-ring (bicyclic) bond motifs is 1. The van der Waals surface area contributed by atoms with E-state index in [0.717, 1.165) is 75.0 Å². The minimum atomic E-state index is -3.64. The Morgan fingerprint density at radius 2 is 1.78 bits per heavy atom. The second-order valence-corrected chi connectivity index (χ2v) is 12.2. The summed E-state index contributed by atoms with van der Waals surface area (Å²) in [6.45, 7) is 4.95. The molecule has 1 aliphatic carbocycles. The molecular weight excluding hydrogens is 474 g/mol. The van der Waals surface area contributed by atoms with Crippen molar-refractivity contribution in [3.05, 3.63) is 60.4 Å². The molecule has 194 valence electrons. The van der Waals surface area contributed by atoms with Crippen LogP contribution in [0.2, 0.25) is 0 Å². The summed E-state index contributed by atoms with van der Waals surface area (Å²) < 4.78 is 33.8. The molecule has 1 fully saturated rings. The van der Waals surface area contributed by atoms with Crippen molar-refractivity contribution >= 4 is 27.2 Å². The van der Waals surface area contributed by atoms with Gasteiger partial charge in [-0.2, -0.15) is 0 Å². The second-order valence-electron chi connectivity index (χ2n) is 10.3. The number of carbonyl (C=O) groups is 1. The van der Waals surface area contributed by atoms with Gasteiger partial charge in [0, 0.05) is 23.7 Å². The first-order valence-electron chi connectivity index (χ1n) is 13.1. The lowest BCUT2D eigenvalue weighted by Gasteiger charge is -2.37. The normalized spacial score (nSPS) is 18.6. The summed E-state index contributed by atoms with van der Waals surface area (Å²) in [5.74, 6) is -0.294. The Kier molecular flexibility index (Phi) is 8.08. The number of hydrogen-bond acceptors (Lipinski definition) is 5. The molecule has 6 nitrogen and oxygen atoms in total. The van der Waals surface area contributed by atoms with Gasteiger partial charge >= 0.3 is 5.97 Å². The number of para-hydroxylation sites is 1. The van der Waals surface area contributed by atoms with Crippen LogP contribution in [0.15, 0.2) is 59.7 Å². The molecule has 1 aliphatic heterocycles. The molecule has 0 radical (unpaired) electrons. The molecule has 2 aliphatic rings. The van der Waals surface area contributed by atoms with E-state index in [0.29, 0.717) is 18.0 Å². The van der Waals surface area contributed by atoms with Crippen molar-refractivity contribution in [1.29, 1.82) is 0 Å². The minimum absolute atomic E-state index is 0.101. The van der Waals surface area contributed by atoms with Crippen molar-refractivity contribution in [2.75, 3.05) is 17.2 Å². The number of hydrogen-bond donors (Lipinski definition) is 1. The van der Waals surface area contributed by atoms with E-state index in [1.807, 2.05) is 36.4 Å². The average molecular weight is 512 g/mol. The smallest absolute Gasteiger partial charge is 0.331 e. The Labute approximate surface area is 214 Å². The van der Waals surface area contributed by atoms with Gasteiger partial charge < -0.3 is 14.7 Å². The zero-order chi connectivity index (χ0) is 25.8. The molecule has 0 spiro atoms. The number of carboxylic acid groups (broad SMARTS) is 1. The van der Waals surface area contributed by atoms with Gasteiger partial charge in [0.2, 0.25) is 0 Å². The van der Waals surface area contributed by atoms with E-state index in [9.17, 15) is 13.2 Å². The molecule has 1 N–H and O–H groups in total. The predicted octanol–water partition coefficient (Wildman–Crippen LogP) is 6.83. The highest BCUT2D eigenvalue weighted by molar-refractivity contribution is 7.91. The molecule has 1 heterocycles. The van der Waals surface area contributed by atoms with Gasteiger partial charge in [-0.25, -0.2) is 13.2 Å². The Morgan fingerprint density at radius 3 is 2.36 bits per heavy atom. The highest BCUT2D eigenvalue weighted by Crippen LogP contribution is 2.51. The van der Waals surface area contributed by atoms with Gasteiger partial charge in [-0.15, -0.1) is 0 Å². The fourth-order valence-electron chi connectivity index (χ4n) is 5.32. The molecule has 0 unspecified atom stereocenters. The molecule has 1 saturated carbocycles. The molecule has 2 aromatic carbocycles. The molecule has 7 heteroatoms. The number of ether oxygens (including phenoxy) is 1. The Morgan fingerprint density at radius 1 is 1.11 bits per heavy atom. The summed E-state index contributed by atoms with van der Waals surface area (Å²) in [7, 11) is -3.64. The number of anilines is 2. The lowest BCUT2D eigenvalue weighted by atomic mass is 9.79. The van der Waals surface area contributed by atoms with Crippen molar-refractivity contribution < 1.29 is 23.1 Å². The van der Waals surface area contributed by atoms with Crippen molar-refractivity contribution in [3.63, 3.8) is 0 Å². The highest BCUT2D eigenvalue weighted by atomic mass is 32.2. The maximum atomic E-state index is 14.0. The van der Waals surface area contributed by atoms with Gasteiger partial charge in [0.15, 0.2) is 9.84 Å². The largest absolute Gasteiger partial charge is 0.478 e. The summed E-state index contributed by atoms with van der Waals surface area (Å²) in [6, 6.07) is 13.7. The molecular formula is C29H37NO5S. The number of aliphatic carboxylic acids is 1. The topological polar surface area (TPSA) is 83.9 Å². The van der Waals surface area contributed by atoms with Crippen LogP contribution in [-0.4, -0.2) is 31.8 Å². The number of rotatable bonds is 11. The van der Waals surface area contributed by atoms with Crippen molar-refractivity contribution in [1.82, 2.24) is 0 Å². The van der Waals surface area contributed by atoms with Crippen LogP contribution < -0.4 is 9.64 Å². The number of nitrogens with zero attached hydrogens (tertiary/aromatic N) is 1. The zero-order valence-electron chi connectivity index (χ0n) is 21.3.